The number of thiol groups is 1. The van der Waals surface area contributed by atoms with E-state index in [0.717, 1.165) is 5.01 Å². The first kappa shape index (κ1) is 8.48. The summed E-state index contributed by atoms with van der Waals surface area (Å²) in [6.45, 7) is 1.77. The summed E-state index contributed by atoms with van der Waals surface area (Å²) in [4.78, 5) is 10.4. The van der Waals surface area contributed by atoms with Crippen LogP contribution in [0.3, 0.4) is 0 Å². The van der Waals surface area contributed by atoms with Crippen LogP contribution in [0.5, 0.6) is 0 Å². The maximum atomic E-state index is 10.4. The summed E-state index contributed by atoms with van der Waals surface area (Å²) in [6, 6.07) is 0. The molecule has 11 heavy (non-hydrogen) atoms. The fraction of sp³-hybridized carbons (Fsp3) is 0.400. The lowest BCUT2D eigenvalue weighted by molar-refractivity contribution is -0.136. The molecule has 0 aromatic carbocycles. The zero-order valence-corrected chi connectivity index (χ0v) is 7.39. The van der Waals surface area contributed by atoms with Gasteiger partial charge in [-0.2, -0.15) is 12.6 Å². The van der Waals surface area contributed by atoms with E-state index >= 15 is 0 Å². The highest BCUT2D eigenvalue weighted by atomic mass is 32.1. The first-order valence-corrected chi connectivity index (χ1v) is 4.15. The Labute approximate surface area is 72.7 Å². The van der Waals surface area contributed by atoms with Crippen LogP contribution in [0, 0.1) is 6.92 Å². The zero-order chi connectivity index (χ0) is 8.43. The largest absolute Gasteiger partial charge is 0.480 e. The van der Waals surface area contributed by atoms with Crippen LogP contribution in [0.25, 0.3) is 0 Å². The van der Waals surface area contributed by atoms with E-state index in [-0.39, 0.29) is 0 Å². The number of aryl methyl sites for hydroxylation is 1. The van der Waals surface area contributed by atoms with Gasteiger partial charge in [0.25, 0.3) is 0 Å². The quantitative estimate of drug-likeness (QED) is 0.680. The number of hydrogen-bond donors (Lipinski definition) is 2. The molecule has 1 aromatic rings. The molecule has 0 radical (unpaired) electrons. The molecule has 0 saturated heterocycles. The Morgan fingerprint density at radius 2 is 2.36 bits per heavy atom. The van der Waals surface area contributed by atoms with Crippen LogP contribution in [0.4, 0.5) is 0 Å². The van der Waals surface area contributed by atoms with Gasteiger partial charge in [-0.1, -0.05) is 0 Å². The van der Waals surface area contributed by atoms with Gasteiger partial charge in [-0.25, -0.2) is 0 Å². The lowest BCUT2D eigenvalue weighted by atomic mass is 10.4. The number of carboxylic acid groups (broad SMARTS) is 1. The SMILES string of the molecule is Cc1nnc(C(S)C(=O)O)s1. The number of carbonyl (C=O) groups is 1. The molecule has 1 aromatic heterocycles. The summed E-state index contributed by atoms with van der Waals surface area (Å²) in [5.41, 5.74) is 0. The van der Waals surface area contributed by atoms with Crippen LogP contribution in [-0.4, -0.2) is 21.3 Å². The van der Waals surface area contributed by atoms with E-state index in [0.29, 0.717) is 5.01 Å². The Balaban J connectivity index is 2.84. The smallest absolute Gasteiger partial charge is 0.323 e. The molecule has 0 bridgehead atoms. The van der Waals surface area contributed by atoms with Crippen LogP contribution >= 0.6 is 24.0 Å². The van der Waals surface area contributed by atoms with Gasteiger partial charge in [0.1, 0.15) is 10.0 Å². The number of aliphatic carboxylic acids is 1. The van der Waals surface area contributed by atoms with Crippen LogP contribution in [-0.2, 0) is 4.79 Å². The maximum Gasteiger partial charge on any atom is 0.323 e. The van der Waals surface area contributed by atoms with Crippen molar-refractivity contribution < 1.29 is 9.90 Å². The van der Waals surface area contributed by atoms with E-state index in [1.807, 2.05) is 0 Å². The van der Waals surface area contributed by atoms with Crippen molar-refractivity contribution in [3.63, 3.8) is 0 Å². The van der Waals surface area contributed by atoms with Crippen molar-refractivity contribution in [2.24, 2.45) is 0 Å². The van der Waals surface area contributed by atoms with Crippen molar-refractivity contribution in [2.45, 2.75) is 12.2 Å². The molecule has 0 aliphatic heterocycles. The minimum atomic E-state index is -0.996. The highest BCUT2D eigenvalue weighted by molar-refractivity contribution is 7.81. The summed E-state index contributed by atoms with van der Waals surface area (Å²) in [7, 11) is 0. The third-order valence-corrected chi connectivity index (χ3v) is 2.55. The zero-order valence-electron chi connectivity index (χ0n) is 5.68. The highest BCUT2D eigenvalue weighted by Crippen LogP contribution is 2.22. The third-order valence-electron chi connectivity index (χ3n) is 1.01. The average Bonchev–Trinajstić information content (AvgIpc) is 2.34. The Bertz CT molecular complexity index is 273. The Kier molecular flexibility index (Phi) is 2.45. The van der Waals surface area contributed by atoms with E-state index in [9.17, 15) is 4.79 Å². The standard InChI is InChI=1S/C5H6N2O2S2/c1-2-6-7-4(11-2)3(10)5(8)9/h3,10H,1H3,(H,8,9). The van der Waals surface area contributed by atoms with Crippen LogP contribution in [0.15, 0.2) is 0 Å². The predicted octanol–water partition coefficient (Wildman–Crippen LogP) is 0.902. The molecule has 0 aliphatic rings. The lowest BCUT2D eigenvalue weighted by Gasteiger charge is -1.96. The van der Waals surface area contributed by atoms with Gasteiger partial charge >= 0.3 is 5.97 Å². The maximum absolute atomic E-state index is 10.4. The molecular weight excluding hydrogens is 184 g/mol. The van der Waals surface area contributed by atoms with Gasteiger partial charge in [-0.15, -0.1) is 21.5 Å². The summed E-state index contributed by atoms with van der Waals surface area (Å²) in [5.74, 6) is -0.996. The fourth-order valence-electron chi connectivity index (χ4n) is 0.528. The molecule has 1 rings (SSSR count). The Morgan fingerprint density at radius 3 is 2.73 bits per heavy atom. The normalized spacial score (nSPS) is 12.9. The van der Waals surface area contributed by atoms with Gasteiger partial charge in [0.15, 0.2) is 5.25 Å². The van der Waals surface area contributed by atoms with E-state index in [2.05, 4.69) is 22.8 Å². The molecule has 4 nitrogen and oxygen atoms in total. The number of rotatable bonds is 2. The summed E-state index contributed by atoms with van der Waals surface area (Å²) in [5, 5.41) is 16.2. The summed E-state index contributed by atoms with van der Waals surface area (Å²) >= 11 is 5.08. The second kappa shape index (κ2) is 3.19. The van der Waals surface area contributed by atoms with Crippen molar-refractivity contribution >= 4 is 29.9 Å². The number of nitrogens with zero attached hydrogens (tertiary/aromatic N) is 2. The fourth-order valence-corrected chi connectivity index (χ4v) is 1.42. The molecule has 0 fully saturated rings. The summed E-state index contributed by atoms with van der Waals surface area (Å²) < 4.78 is 0. The molecule has 1 unspecified atom stereocenters. The van der Waals surface area contributed by atoms with Gasteiger partial charge in [-0.05, 0) is 6.92 Å². The topological polar surface area (TPSA) is 63.1 Å². The van der Waals surface area contributed by atoms with E-state index < -0.39 is 11.2 Å². The second-order valence-corrected chi connectivity index (χ2v) is 3.63. The van der Waals surface area contributed by atoms with Crippen molar-refractivity contribution in [3.8, 4) is 0 Å². The molecule has 1 heterocycles. The minimum Gasteiger partial charge on any atom is -0.480 e. The molecule has 6 heteroatoms. The minimum absolute atomic E-state index is 0.429. The second-order valence-electron chi connectivity index (χ2n) is 1.90. The summed E-state index contributed by atoms with van der Waals surface area (Å²) in [6.07, 6.45) is 0. The Morgan fingerprint density at radius 1 is 1.73 bits per heavy atom. The first-order chi connectivity index (χ1) is 5.11. The molecule has 60 valence electrons. The first-order valence-electron chi connectivity index (χ1n) is 2.82. The van der Waals surface area contributed by atoms with Gasteiger partial charge < -0.3 is 5.11 Å². The molecule has 1 N–H and O–H groups in total. The Hall–Kier alpha value is -0.620. The number of aromatic nitrogens is 2. The van der Waals surface area contributed by atoms with Crippen LogP contribution < -0.4 is 0 Å². The molecule has 1 atom stereocenters. The molecule has 0 amide bonds. The van der Waals surface area contributed by atoms with Crippen LogP contribution in [0.1, 0.15) is 15.3 Å². The predicted molar refractivity (Wildman–Crippen MR) is 44.0 cm³/mol. The van der Waals surface area contributed by atoms with Gasteiger partial charge in [0.2, 0.25) is 0 Å². The van der Waals surface area contributed by atoms with Gasteiger partial charge in [-0.3, -0.25) is 4.79 Å². The van der Waals surface area contributed by atoms with E-state index in [1.54, 1.807) is 6.92 Å². The van der Waals surface area contributed by atoms with E-state index in [1.165, 1.54) is 11.3 Å². The van der Waals surface area contributed by atoms with Crippen LogP contribution in [0.2, 0.25) is 0 Å². The lowest BCUT2D eigenvalue weighted by Crippen LogP contribution is -2.04. The van der Waals surface area contributed by atoms with Gasteiger partial charge in [0.05, 0.1) is 0 Å². The van der Waals surface area contributed by atoms with Crippen molar-refractivity contribution in [1.82, 2.24) is 10.2 Å². The molecule has 0 saturated carbocycles. The number of hydrogen-bond acceptors (Lipinski definition) is 5. The van der Waals surface area contributed by atoms with Crippen molar-refractivity contribution in [2.75, 3.05) is 0 Å². The average molecular weight is 190 g/mol. The molecule has 0 spiro atoms. The molecular formula is C5H6N2O2S2. The third kappa shape index (κ3) is 1.90. The van der Waals surface area contributed by atoms with E-state index in [4.69, 9.17) is 5.11 Å². The van der Waals surface area contributed by atoms with Crippen molar-refractivity contribution in [1.29, 1.82) is 0 Å². The highest BCUT2D eigenvalue weighted by Gasteiger charge is 2.18. The molecule has 0 aliphatic carbocycles. The monoisotopic (exact) mass is 190 g/mol. The van der Waals surface area contributed by atoms with Gasteiger partial charge in [0, 0.05) is 0 Å². The van der Waals surface area contributed by atoms with Crippen molar-refractivity contribution in [3.05, 3.63) is 10.0 Å². The number of carboxylic acids is 1.